The molecule has 2 aromatic heterocycles. The molecule has 0 saturated carbocycles. The van der Waals surface area contributed by atoms with Crippen LogP contribution in [0.2, 0.25) is 0 Å². The standard InChI is InChI=1S/C12H12BrNO2S2/c13-11-4-3-8(18-11)7-14-9(6-12(15)16)10-2-1-5-17-10/h1-5,9,14H,6-7H2,(H,15,16). The van der Waals surface area contributed by atoms with Crippen LogP contribution in [0.4, 0.5) is 0 Å². The average Bonchev–Trinajstić information content (AvgIpc) is 2.94. The van der Waals surface area contributed by atoms with Crippen LogP contribution in [0.15, 0.2) is 33.4 Å². The molecule has 2 rings (SSSR count). The number of carboxylic acid groups (broad SMARTS) is 1. The maximum Gasteiger partial charge on any atom is 0.305 e. The lowest BCUT2D eigenvalue weighted by molar-refractivity contribution is -0.137. The van der Waals surface area contributed by atoms with E-state index in [9.17, 15) is 4.79 Å². The lowest BCUT2D eigenvalue weighted by Crippen LogP contribution is -2.22. The Kier molecular flexibility index (Phi) is 4.94. The van der Waals surface area contributed by atoms with Gasteiger partial charge in [-0.3, -0.25) is 4.79 Å². The number of carboxylic acids is 1. The van der Waals surface area contributed by atoms with Crippen LogP contribution in [0.25, 0.3) is 0 Å². The van der Waals surface area contributed by atoms with E-state index in [0.717, 1.165) is 8.66 Å². The third-order valence-electron chi connectivity index (χ3n) is 2.42. The van der Waals surface area contributed by atoms with Gasteiger partial charge in [0.05, 0.1) is 16.2 Å². The molecule has 96 valence electrons. The highest BCUT2D eigenvalue weighted by molar-refractivity contribution is 9.11. The van der Waals surface area contributed by atoms with Crippen LogP contribution in [0.5, 0.6) is 0 Å². The summed E-state index contributed by atoms with van der Waals surface area (Å²) >= 11 is 6.65. The van der Waals surface area contributed by atoms with Crippen molar-refractivity contribution >= 4 is 44.6 Å². The summed E-state index contributed by atoms with van der Waals surface area (Å²) in [6.45, 7) is 0.687. The number of halogens is 1. The van der Waals surface area contributed by atoms with E-state index in [4.69, 9.17) is 5.11 Å². The van der Waals surface area contributed by atoms with Crippen molar-refractivity contribution < 1.29 is 9.90 Å². The molecular weight excluding hydrogens is 334 g/mol. The lowest BCUT2D eigenvalue weighted by atomic mass is 10.1. The van der Waals surface area contributed by atoms with E-state index in [1.807, 2.05) is 29.6 Å². The molecule has 0 bridgehead atoms. The summed E-state index contributed by atoms with van der Waals surface area (Å²) in [6, 6.07) is 7.82. The van der Waals surface area contributed by atoms with Crippen LogP contribution in [0.1, 0.15) is 22.2 Å². The van der Waals surface area contributed by atoms with Crippen LogP contribution in [-0.2, 0) is 11.3 Å². The smallest absolute Gasteiger partial charge is 0.305 e. The molecule has 2 aromatic rings. The molecule has 0 fully saturated rings. The van der Waals surface area contributed by atoms with Gasteiger partial charge in [-0.25, -0.2) is 0 Å². The largest absolute Gasteiger partial charge is 0.481 e. The minimum Gasteiger partial charge on any atom is -0.481 e. The Bertz CT molecular complexity index is 510. The van der Waals surface area contributed by atoms with Crippen molar-refractivity contribution in [2.24, 2.45) is 0 Å². The van der Waals surface area contributed by atoms with Gasteiger partial charge >= 0.3 is 5.97 Å². The fourth-order valence-electron chi connectivity index (χ4n) is 1.61. The molecule has 0 aliphatic carbocycles. The van der Waals surface area contributed by atoms with Crippen molar-refractivity contribution in [3.8, 4) is 0 Å². The second-order valence-electron chi connectivity index (χ2n) is 3.75. The predicted molar refractivity (Wildman–Crippen MR) is 78.2 cm³/mol. The van der Waals surface area contributed by atoms with E-state index in [0.29, 0.717) is 6.54 Å². The van der Waals surface area contributed by atoms with Gasteiger partial charge in [0, 0.05) is 16.3 Å². The molecule has 2 N–H and O–H groups in total. The number of rotatable bonds is 6. The fourth-order valence-corrected chi connectivity index (χ4v) is 3.84. The lowest BCUT2D eigenvalue weighted by Gasteiger charge is -2.14. The maximum atomic E-state index is 10.9. The molecule has 3 nitrogen and oxygen atoms in total. The van der Waals surface area contributed by atoms with Crippen molar-refractivity contribution in [1.29, 1.82) is 0 Å². The van der Waals surface area contributed by atoms with E-state index in [1.165, 1.54) is 4.88 Å². The van der Waals surface area contributed by atoms with Crippen molar-refractivity contribution in [3.63, 3.8) is 0 Å². The van der Waals surface area contributed by atoms with Gasteiger partial charge in [0.2, 0.25) is 0 Å². The van der Waals surface area contributed by atoms with E-state index in [1.54, 1.807) is 22.7 Å². The molecule has 0 radical (unpaired) electrons. The van der Waals surface area contributed by atoms with Crippen LogP contribution in [0.3, 0.4) is 0 Å². The quantitative estimate of drug-likeness (QED) is 0.835. The first-order valence-electron chi connectivity index (χ1n) is 5.38. The summed E-state index contributed by atoms with van der Waals surface area (Å²) in [5.41, 5.74) is 0. The minimum atomic E-state index is -0.784. The van der Waals surface area contributed by atoms with Gasteiger partial charge in [0.1, 0.15) is 0 Å². The summed E-state index contributed by atoms with van der Waals surface area (Å²) in [6.07, 6.45) is 0.104. The maximum absolute atomic E-state index is 10.9. The van der Waals surface area contributed by atoms with Crippen LogP contribution < -0.4 is 5.32 Å². The molecule has 0 aromatic carbocycles. The van der Waals surface area contributed by atoms with Crippen LogP contribution in [0, 0.1) is 0 Å². The number of thiophene rings is 2. The third kappa shape index (κ3) is 3.91. The highest BCUT2D eigenvalue weighted by Crippen LogP contribution is 2.25. The molecule has 1 unspecified atom stereocenters. The number of hydrogen-bond donors (Lipinski definition) is 2. The van der Waals surface area contributed by atoms with Crippen molar-refractivity contribution in [2.45, 2.75) is 19.0 Å². The number of hydrogen-bond acceptors (Lipinski definition) is 4. The molecule has 18 heavy (non-hydrogen) atoms. The van der Waals surface area contributed by atoms with Gasteiger partial charge in [-0.2, -0.15) is 0 Å². The Morgan fingerprint density at radius 2 is 2.28 bits per heavy atom. The zero-order valence-electron chi connectivity index (χ0n) is 9.43. The fraction of sp³-hybridized carbons (Fsp3) is 0.250. The summed E-state index contributed by atoms with van der Waals surface area (Å²) in [4.78, 5) is 13.1. The molecule has 0 aliphatic rings. The zero-order chi connectivity index (χ0) is 13.0. The summed E-state index contributed by atoms with van der Waals surface area (Å²) < 4.78 is 1.09. The SMILES string of the molecule is O=C(O)CC(NCc1ccc(Br)s1)c1cccs1. The first-order valence-corrected chi connectivity index (χ1v) is 7.87. The molecule has 1 atom stereocenters. The van der Waals surface area contributed by atoms with Gasteiger partial charge < -0.3 is 10.4 Å². The molecule has 0 amide bonds. The molecular formula is C12H12BrNO2S2. The summed E-state index contributed by atoms with van der Waals surface area (Å²) in [5, 5.41) is 14.2. The third-order valence-corrected chi connectivity index (χ3v) is 5.03. The van der Waals surface area contributed by atoms with Crippen molar-refractivity contribution in [3.05, 3.63) is 43.2 Å². The first-order chi connectivity index (χ1) is 8.65. The van der Waals surface area contributed by atoms with E-state index in [2.05, 4.69) is 21.2 Å². The minimum absolute atomic E-state index is 0.104. The van der Waals surface area contributed by atoms with Crippen molar-refractivity contribution in [1.82, 2.24) is 5.32 Å². The van der Waals surface area contributed by atoms with Gasteiger partial charge in [-0.1, -0.05) is 6.07 Å². The normalized spacial score (nSPS) is 12.5. The Balaban J connectivity index is 1.99. The highest BCUT2D eigenvalue weighted by atomic mass is 79.9. The predicted octanol–water partition coefficient (Wildman–Crippen LogP) is 3.88. The van der Waals surface area contributed by atoms with E-state index >= 15 is 0 Å². The Labute approximate surface area is 122 Å². The summed E-state index contributed by atoms with van der Waals surface area (Å²) in [5.74, 6) is -0.784. The summed E-state index contributed by atoms with van der Waals surface area (Å²) in [7, 11) is 0. The average molecular weight is 346 g/mol. The first kappa shape index (κ1) is 13.7. The number of carbonyl (C=O) groups is 1. The van der Waals surface area contributed by atoms with Gasteiger partial charge in [0.15, 0.2) is 0 Å². The van der Waals surface area contributed by atoms with Gasteiger partial charge in [-0.05, 0) is 39.5 Å². The highest BCUT2D eigenvalue weighted by Gasteiger charge is 2.16. The topological polar surface area (TPSA) is 49.3 Å². The van der Waals surface area contributed by atoms with Crippen LogP contribution >= 0.6 is 38.6 Å². The molecule has 0 saturated heterocycles. The molecule has 0 aliphatic heterocycles. The van der Waals surface area contributed by atoms with Crippen molar-refractivity contribution in [2.75, 3.05) is 0 Å². The molecule has 2 heterocycles. The van der Waals surface area contributed by atoms with E-state index in [-0.39, 0.29) is 12.5 Å². The Morgan fingerprint density at radius 1 is 1.44 bits per heavy atom. The Hall–Kier alpha value is -0.690. The molecule has 6 heteroatoms. The number of aliphatic carboxylic acids is 1. The zero-order valence-corrected chi connectivity index (χ0v) is 12.6. The van der Waals surface area contributed by atoms with Gasteiger partial charge in [0.25, 0.3) is 0 Å². The Morgan fingerprint density at radius 3 is 2.83 bits per heavy atom. The van der Waals surface area contributed by atoms with E-state index < -0.39 is 5.97 Å². The second-order valence-corrected chi connectivity index (χ2v) is 7.28. The molecule has 0 spiro atoms. The van der Waals surface area contributed by atoms with Gasteiger partial charge in [-0.15, -0.1) is 22.7 Å². The monoisotopic (exact) mass is 345 g/mol. The van der Waals surface area contributed by atoms with Crippen LogP contribution in [-0.4, -0.2) is 11.1 Å². The number of nitrogens with one attached hydrogen (secondary N) is 1. The second kappa shape index (κ2) is 6.47.